The van der Waals surface area contributed by atoms with Gasteiger partial charge in [-0.3, -0.25) is 9.59 Å². The van der Waals surface area contributed by atoms with Crippen molar-refractivity contribution in [3.05, 3.63) is 23.8 Å². The highest BCUT2D eigenvalue weighted by atomic mass is 16.5. The number of carbonyl (C=O) groups is 2. The topological polar surface area (TPSA) is 61.8 Å². The number of benzene rings is 1. The van der Waals surface area contributed by atoms with E-state index in [1.54, 1.807) is 0 Å². The lowest BCUT2D eigenvalue weighted by Gasteiger charge is -2.09. The molecule has 1 aromatic carbocycles. The van der Waals surface area contributed by atoms with Gasteiger partial charge in [0.1, 0.15) is 5.78 Å². The molecule has 0 spiro atoms. The van der Waals surface area contributed by atoms with Gasteiger partial charge >= 0.3 is 5.97 Å². The molecule has 0 bridgehead atoms. The molecule has 1 heterocycles. The standard InChI is InChI=1S/C15H18O5/c1-18-15(17)6-4-12(16)9-11-3-5-13-14(10-11)20-8-2-7-19-13/h3,5,10H,2,4,6-9H2,1H3. The van der Waals surface area contributed by atoms with E-state index in [0.29, 0.717) is 24.7 Å². The Hall–Kier alpha value is -2.04. The molecule has 1 aromatic rings. The third kappa shape index (κ3) is 3.98. The molecule has 0 unspecified atom stereocenters. The fourth-order valence-electron chi connectivity index (χ4n) is 1.98. The van der Waals surface area contributed by atoms with Crippen LogP contribution in [0.4, 0.5) is 0 Å². The van der Waals surface area contributed by atoms with Gasteiger partial charge in [0.15, 0.2) is 11.5 Å². The van der Waals surface area contributed by atoms with Crippen molar-refractivity contribution in [3.8, 4) is 11.5 Å². The molecule has 0 amide bonds. The number of Topliss-reactive ketones (excluding diaryl/α,β-unsaturated/α-hetero) is 1. The van der Waals surface area contributed by atoms with E-state index in [2.05, 4.69) is 4.74 Å². The summed E-state index contributed by atoms with van der Waals surface area (Å²) >= 11 is 0. The van der Waals surface area contributed by atoms with Gasteiger partial charge in [-0.1, -0.05) is 6.07 Å². The van der Waals surface area contributed by atoms with Crippen LogP contribution in [0.15, 0.2) is 18.2 Å². The van der Waals surface area contributed by atoms with Crippen LogP contribution in [0.1, 0.15) is 24.8 Å². The van der Waals surface area contributed by atoms with Crippen LogP contribution in [-0.2, 0) is 20.7 Å². The summed E-state index contributed by atoms with van der Waals surface area (Å²) in [6, 6.07) is 5.50. The van der Waals surface area contributed by atoms with Gasteiger partial charge in [-0.15, -0.1) is 0 Å². The average Bonchev–Trinajstić information content (AvgIpc) is 2.69. The molecule has 1 aliphatic rings. The first-order valence-corrected chi connectivity index (χ1v) is 6.66. The second-order valence-corrected chi connectivity index (χ2v) is 4.62. The van der Waals surface area contributed by atoms with Crippen LogP contribution < -0.4 is 9.47 Å². The number of methoxy groups -OCH3 is 1. The molecule has 0 aromatic heterocycles. The predicted molar refractivity (Wildman–Crippen MR) is 72.0 cm³/mol. The van der Waals surface area contributed by atoms with E-state index < -0.39 is 0 Å². The Morgan fingerprint density at radius 1 is 1.15 bits per heavy atom. The van der Waals surface area contributed by atoms with Crippen molar-refractivity contribution in [1.29, 1.82) is 0 Å². The second kappa shape index (κ2) is 6.93. The monoisotopic (exact) mass is 278 g/mol. The molecular formula is C15H18O5. The third-order valence-electron chi connectivity index (χ3n) is 3.05. The SMILES string of the molecule is COC(=O)CCC(=O)Cc1ccc2c(c1)OCCCO2. The second-order valence-electron chi connectivity index (χ2n) is 4.62. The molecule has 2 rings (SSSR count). The zero-order chi connectivity index (χ0) is 14.4. The van der Waals surface area contributed by atoms with E-state index in [4.69, 9.17) is 9.47 Å². The quantitative estimate of drug-likeness (QED) is 0.770. The summed E-state index contributed by atoms with van der Waals surface area (Å²) in [6.45, 7) is 1.26. The van der Waals surface area contributed by atoms with Gasteiger partial charge in [-0.05, 0) is 17.7 Å². The van der Waals surface area contributed by atoms with Crippen molar-refractivity contribution in [1.82, 2.24) is 0 Å². The van der Waals surface area contributed by atoms with E-state index in [-0.39, 0.29) is 31.0 Å². The maximum Gasteiger partial charge on any atom is 0.305 e. The lowest BCUT2D eigenvalue weighted by atomic mass is 10.1. The summed E-state index contributed by atoms with van der Waals surface area (Å²) in [5.41, 5.74) is 0.865. The summed E-state index contributed by atoms with van der Waals surface area (Å²) in [6.07, 6.45) is 1.46. The van der Waals surface area contributed by atoms with Gasteiger partial charge in [0.25, 0.3) is 0 Å². The van der Waals surface area contributed by atoms with E-state index in [9.17, 15) is 9.59 Å². The van der Waals surface area contributed by atoms with Crippen LogP contribution in [0.5, 0.6) is 11.5 Å². The molecular weight excluding hydrogens is 260 g/mol. The lowest BCUT2D eigenvalue weighted by molar-refractivity contribution is -0.141. The number of hydrogen-bond acceptors (Lipinski definition) is 5. The molecule has 0 saturated carbocycles. The van der Waals surface area contributed by atoms with Gasteiger partial charge in [-0.2, -0.15) is 0 Å². The zero-order valence-corrected chi connectivity index (χ0v) is 11.5. The van der Waals surface area contributed by atoms with Crippen LogP contribution in [0, 0.1) is 0 Å². The molecule has 5 nitrogen and oxygen atoms in total. The summed E-state index contributed by atoms with van der Waals surface area (Å²) in [5, 5.41) is 0. The highest BCUT2D eigenvalue weighted by Crippen LogP contribution is 2.30. The third-order valence-corrected chi connectivity index (χ3v) is 3.05. The number of ketones is 1. The summed E-state index contributed by atoms with van der Waals surface area (Å²) < 4.78 is 15.6. The number of rotatable bonds is 5. The molecule has 0 aliphatic carbocycles. The molecule has 0 fully saturated rings. The van der Waals surface area contributed by atoms with Crippen LogP contribution in [0.2, 0.25) is 0 Å². The largest absolute Gasteiger partial charge is 0.490 e. The maximum absolute atomic E-state index is 11.8. The molecule has 1 aliphatic heterocycles. The number of esters is 1. The minimum atomic E-state index is -0.364. The molecule has 0 radical (unpaired) electrons. The molecule has 20 heavy (non-hydrogen) atoms. The van der Waals surface area contributed by atoms with E-state index >= 15 is 0 Å². The van der Waals surface area contributed by atoms with Crippen molar-refractivity contribution in [2.75, 3.05) is 20.3 Å². The molecule has 0 saturated heterocycles. The van der Waals surface area contributed by atoms with Crippen molar-refractivity contribution in [2.24, 2.45) is 0 Å². The first-order chi connectivity index (χ1) is 9.69. The normalized spacial score (nSPS) is 13.4. The first-order valence-electron chi connectivity index (χ1n) is 6.66. The highest BCUT2D eigenvalue weighted by molar-refractivity contribution is 5.84. The van der Waals surface area contributed by atoms with Gasteiger partial charge in [0.05, 0.1) is 26.7 Å². The number of carbonyl (C=O) groups excluding carboxylic acids is 2. The Morgan fingerprint density at radius 2 is 1.90 bits per heavy atom. The Morgan fingerprint density at radius 3 is 2.65 bits per heavy atom. The van der Waals surface area contributed by atoms with Crippen molar-refractivity contribution in [2.45, 2.75) is 25.7 Å². The van der Waals surface area contributed by atoms with Gasteiger partial charge < -0.3 is 14.2 Å². The Kier molecular flexibility index (Phi) is 4.98. The Balaban J connectivity index is 1.94. The fourth-order valence-corrected chi connectivity index (χ4v) is 1.98. The smallest absolute Gasteiger partial charge is 0.305 e. The number of fused-ring (bicyclic) bond motifs is 1. The average molecular weight is 278 g/mol. The first kappa shape index (κ1) is 14.4. The van der Waals surface area contributed by atoms with Crippen LogP contribution in [-0.4, -0.2) is 32.1 Å². The van der Waals surface area contributed by atoms with Crippen molar-refractivity contribution in [3.63, 3.8) is 0 Å². The minimum Gasteiger partial charge on any atom is -0.490 e. The van der Waals surface area contributed by atoms with E-state index in [0.717, 1.165) is 12.0 Å². The van der Waals surface area contributed by atoms with Gasteiger partial charge in [0.2, 0.25) is 0 Å². The zero-order valence-electron chi connectivity index (χ0n) is 11.5. The Bertz CT molecular complexity index is 495. The summed E-state index contributed by atoms with van der Waals surface area (Å²) in [5.74, 6) is 1.04. The highest BCUT2D eigenvalue weighted by Gasteiger charge is 2.13. The summed E-state index contributed by atoms with van der Waals surface area (Å²) in [4.78, 5) is 22.8. The number of ether oxygens (including phenoxy) is 3. The summed E-state index contributed by atoms with van der Waals surface area (Å²) in [7, 11) is 1.32. The molecule has 0 N–H and O–H groups in total. The number of hydrogen-bond donors (Lipinski definition) is 0. The van der Waals surface area contributed by atoms with Crippen molar-refractivity contribution < 1.29 is 23.8 Å². The van der Waals surface area contributed by atoms with E-state index in [1.165, 1.54) is 7.11 Å². The van der Waals surface area contributed by atoms with E-state index in [1.807, 2.05) is 18.2 Å². The molecule has 108 valence electrons. The van der Waals surface area contributed by atoms with Gasteiger partial charge in [0, 0.05) is 19.3 Å². The molecule has 0 atom stereocenters. The van der Waals surface area contributed by atoms with Gasteiger partial charge in [-0.25, -0.2) is 0 Å². The minimum absolute atomic E-state index is 0.00453. The lowest BCUT2D eigenvalue weighted by Crippen LogP contribution is -2.08. The fraction of sp³-hybridized carbons (Fsp3) is 0.467. The maximum atomic E-state index is 11.8. The molecule has 5 heteroatoms. The van der Waals surface area contributed by atoms with Crippen LogP contribution >= 0.6 is 0 Å². The predicted octanol–water partition coefficient (Wildman–Crippen LogP) is 1.91. The van der Waals surface area contributed by atoms with Crippen molar-refractivity contribution >= 4 is 11.8 Å². The Labute approximate surface area is 117 Å². The van der Waals surface area contributed by atoms with Crippen LogP contribution in [0.25, 0.3) is 0 Å². The van der Waals surface area contributed by atoms with Crippen LogP contribution in [0.3, 0.4) is 0 Å².